The minimum atomic E-state index is -0.564. The third-order valence-corrected chi connectivity index (χ3v) is 9.87. The van der Waals surface area contributed by atoms with Crippen molar-refractivity contribution >= 4 is 17.9 Å². The van der Waals surface area contributed by atoms with Gasteiger partial charge in [0.05, 0.1) is 13.2 Å². The lowest BCUT2D eigenvalue weighted by atomic mass is 10.0. The standard InChI is InChI=1S/C43H82O6/c1-5-9-12-15-18-19-20-21-22-23-24-25-26-29-32-35-41(44)47-37-39(8-4)38-48-42(45)36-43(46)49-40(33-30-27-16-13-10-6-2)34-31-28-17-14-11-7-3/h39-40H,5-38H2,1-4H3. The van der Waals surface area contributed by atoms with E-state index in [9.17, 15) is 14.4 Å². The van der Waals surface area contributed by atoms with E-state index in [1.54, 1.807) is 0 Å². The van der Waals surface area contributed by atoms with Crippen LogP contribution >= 0.6 is 0 Å². The summed E-state index contributed by atoms with van der Waals surface area (Å²) in [5.41, 5.74) is 0. The summed E-state index contributed by atoms with van der Waals surface area (Å²) in [4.78, 5) is 37.4. The Labute approximate surface area is 304 Å². The highest BCUT2D eigenvalue weighted by Gasteiger charge is 2.20. The maximum Gasteiger partial charge on any atom is 0.317 e. The third-order valence-electron chi connectivity index (χ3n) is 9.87. The van der Waals surface area contributed by atoms with Crippen molar-refractivity contribution in [2.75, 3.05) is 13.2 Å². The second kappa shape index (κ2) is 37.7. The van der Waals surface area contributed by atoms with Crippen LogP contribution in [0.15, 0.2) is 0 Å². The molecule has 49 heavy (non-hydrogen) atoms. The summed E-state index contributed by atoms with van der Waals surface area (Å²) in [6.45, 7) is 9.10. The zero-order valence-corrected chi connectivity index (χ0v) is 33.1. The summed E-state index contributed by atoms with van der Waals surface area (Å²) in [5, 5.41) is 0. The molecule has 0 heterocycles. The van der Waals surface area contributed by atoms with Crippen LogP contribution in [0.3, 0.4) is 0 Å². The van der Waals surface area contributed by atoms with Gasteiger partial charge >= 0.3 is 17.9 Å². The molecule has 290 valence electrons. The first-order valence-electron chi connectivity index (χ1n) is 21.5. The monoisotopic (exact) mass is 695 g/mol. The zero-order chi connectivity index (χ0) is 36.0. The van der Waals surface area contributed by atoms with Crippen molar-refractivity contribution in [2.24, 2.45) is 5.92 Å². The summed E-state index contributed by atoms with van der Waals surface area (Å²) in [5.74, 6) is -1.30. The molecule has 0 aromatic rings. The van der Waals surface area contributed by atoms with Crippen LogP contribution in [0.5, 0.6) is 0 Å². The molecule has 0 radical (unpaired) electrons. The van der Waals surface area contributed by atoms with Gasteiger partial charge in [0.15, 0.2) is 0 Å². The zero-order valence-electron chi connectivity index (χ0n) is 33.1. The lowest BCUT2D eigenvalue weighted by Crippen LogP contribution is -2.24. The number of unbranched alkanes of at least 4 members (excludes halogenated alkanes) is 24. The lowest BCUT2D eigenvalue weighted by molar-refractivity contribution is -0.159. The lowest BCUT2D eigenvalue weighted by Gasteiger charge is -2.18. The normalized spacial score (nSPS) is 11.9. The van der Waals surface area contributed by atoms with E-state index in [0.717, 1.165) is 57.8 Å². The Kier molecular flexibility index (Phi) is 36.4. The highest BCUT2D eigenvalue weighted by atomic mass is 16.6. The first-order chi connectivity index (χ1) is 24.0. The second-order valence-corrected chi connectivity index (χ2v) is 14.7. The largest absolute Gasteiger partial charge is 0.465 e. The van der Waals surface area contributed by atoms with Crippen LogP contribution in [0.2, 0.25) is 0 Å². The van der Waals surface area contributed by atoms with E-state index in [0.29, 0.717) is 6.42 Å². The summed E-state index contributed by atoms with van der Waals surface area (Å²) >= 11 is 0. The van der Waals surface area contributed by atoms with Gasteiger partial charge in [-0.15, -0.1) is 0 Å². The average Bonchev–Trinajstić information content (AvgIpc) is 3.09. The van der Waals surface area contributed by atoms with Crippen molar-refractivity contribution in [2.45, 2.75) is 239 Å². The SMILES string of the molecule is CCCCCCCCCCCCCCCCCC(=O)OCC(CC)COC(=O)CC(=O)OC(CCCCCCCC)CCCCCCCC. The summed E-state index contributed by atoms with van der Waals surface area (Å²) in [7, 11) is 0. The molecule has 6 nitrogen and oxygen atoms in total. The topological polar surface area (TPSA) is 78.9 Å². The van der Waals surface area contributed by atoms with E-state index < -0.39 is 11.9 Å². The van der Waals surface area contributed by atoms with Gasteiger partial charge in [-0.1, -0.05) is 182 Å². The fraction of sp³-hybridized carbons (Fsp3) is 0.930. The van der Waals surface area contributed by atoms with Crippen molar-refractivity contribution in [3.63, 3.8) is 0 Å². The molecule has 0 aromatic heterocycles. The molecule has 0 fully saturated rings. The smallest absolute Gasteiger partial charge is 0.317 e. The predicted molar refractivity (Wildman–Crippen MR) is 206 cm³/mol. The molecule has 0 N–H and O–H groups in total. The molecule has 0 aromatic carbocycles. The van der Waals surface area contributed by atoms with Crippen LogP contribution in [0.4, 0.5) is 0 Å². The van der Waals surface area contributed by atoms with E-state index in [1.807, 2.05) is 6.92 Å². The molecule has 1 unspecified atom stereocenters. The molecular formula is C43H82O6. The Morgan fingerprint density at radius 3 is 1.14 bits per heavy atom. The van der Waals surface area contributed by atoms with Crippen LogP contribution in [-0.4, -0.2) is 37.2 Å². The number of hydrogen-bond acceptors (Lipinski definition) is 6. The Morgan fingerprint density at radius 2 is 0.755 bits per heavy atom. The molecule has 1 atom stereocenters. The van der Waals surface area contributed by atoms with Gasteiger partial charge < -0.3 is 14.2 Å². The van der Waals surface area contributed by atoms with Gasteiger partial charge in [0, 0.05) is 12.3 Å². The van der Waals surface area contributed by atoms with E-state index in [2.05, 4.69) is 20.8 Å². The Morgan fingerprint density at radius 1 is 0.408 bits per heavy atom. The van der Waals surface area contributed by atoms with Crippen molar-refractivity contribution in [3.05, 3.63) is 0 Å². The minimum Gasteiger partial charge on any atom is -0.465 e. The number of hydrogen-bond donors (Lipinski definition) is 0. The molecule has 0 rings (SSSR count). The second-order valence-electron chi connectivity index (χ2n) is 14.7. The van der Waals surface area contributed by atoms with Gasteiger partial charge in [0.1, 0.15) is 12.5 Å². The number of carbonyl (C=O) groups excluding carboxylic acids is 3. The molecule has 0 bridgehead atoms. The van der Waals surface area contributed by atoms with Gasteiger partial charge in [0.2, 0.25) is 0 Å². The Bertz CT molecular complexity index is 722. The average molecular weight is 695 g/mol. The van der Waals surface area contributed by atoms with Crippen LogP contribution < -0.4 is 0 Å². The van der Waals surface area contributed by atoms with E-state index >= 15 is 0 Å². The first-order valence-corrected chi connectivity index (χ1v) is 21.5. The molecule has 6 heteroatoms. The minimum absolute atomic E-state index is 0.0712. The summed E-state index contributed by atoms with van der Waals surface area (Å²) in [6, 6.07) is 0. The molecular weight excluding hydrogens is 612 g/mol. The number of rotatable bonds is 38. The molecule has 0 saturated carbocycles. The quantitative estimate of drug-likeness (QED) is 0.0277. The Hall–Kier alpha value is -1.59. The van der Waals surface area contributed by atoms with Crippen LogP contribution in [-0.2, 0) is 28.6 Å². The van der Waals surface area contributed by atoms with Gasteiger partial charge in [-0.3, -0.25) is 14.4 Å². The summed E-state index contributed by atoms with van der Waals surface area (Å²) in [6.07, 6.45) is 36.3. The van der Waals surface area contributed by atoms with Crippen molar-refractivity contribution in [3.8, 4) is 0 Å². The highest BCUT2D eigenvalue weighted by molar-refractivity contribution is 5.91. The van der Waals surface area contributed by atoms with E-state index in [1.165, 1.54) is 135 Å². The molecule has 0 saturated heterocycles. The van der Waals surface area contributed by atoms with Gasteiger partial charge in [-0.2, -0.15) is 0 Å². The van der Waals surface area contributed by atoms with E-state index in [-0.39, 0.29) is 37.6 Å². The van der Waals surface area contributed by atoms with Crippen molar-refractivity contribution in [1.29, 1.82) is 0 Å². The maximum atomic E-state index is 12.6. The number of esters is 3. The van der Waals surface area contributed by atoms with Crippen LogP contribution in [0.1, 0.15) is 233 Å². The van der Waals surface area contributed by atoms with Crippen LogP contribution in [0.25, 0.3) is 0 Å². The molecule has 0 aliphatic carbocycles. The number of carbonyl (C=O) groups is 3. The van der Waals surface area contributed by atoms with Crippen molar-refractivity contribution in [1.82, 2.24) is 0 Å². The predicted octanol–water partition coefficient (Wildman–Crippen LogP) is 13.2. The maximum absolute atomic E-state index is 12.6. The first kappa shape index (κ1) is 47.4. The Balaban J connectivity index is 4.08. The molecule has 0 spiro atoms. The molecule has 0 aliphatic rings. The molecule has 0 aliphatic heterocycles. The highest BCUT2D eigenvalue weighted by Crippen LogP contribution is 2.18. The van der Waals surface area contributed by atoms with Crippen LogP contribution in [0, 0.1) is 5.92 Å². The summed E-state index contributed by atoms with van der Waals surface area (Å²) < 4.78 is 16.7. The fourth-order valence-corrected chi connectivity index (χ4v) is 6.38. The fourth-order valence-electron chi connectivity index (χ4n) is 6.38. The number of ether oxygens (including phenoxy) is 3. The van der Waals surface area contributed by atoms with Crippen molar-refractivity contribution < 1.29 is 28.6 Å². The molecule has 0 amide bonds. The third kappa shape index (κ3) is 34.6. The van der Waals surface area contributed by atoms with E-state index in [4.69, 9.17) is 14.2 Å². The van der Waals surface area contributed by atoms with Gasteiger partial charge in [-0.25, -0.2) is 0 Å². The van der Waals surface area contributed by atoms with Gasteiger partial charge in [-0.05, 0) is 38.5 Å². The van der Waals surface area contributed by atoms with Gasteiger partial charge in [0.25, 0.3) is 0 Å².